The van der Waals surface area contributed by atoms with Crippen molar-refractivity contribution in [3.63, 3.8) is 0 Å². The summed E-state index contributed by atoms with van der Waals surface area (Å²) in [6.07, 6.45) is 2.38. The van der Waals surface area contributed by atoms with Crippen LogP contribution in [0.5, 0.6) is 0 Å². The molecule has 0 radical (unpaired) electrons. The zero-order valence-electron chi connectivity index (χ0n) is 11.1. The molecule has 1 rings (SSSR count). The van der Waals surface area contributed by atoms with E-state index in [9.17, 15) is 9.90 Å². The van der Waals surface area contributed by atoms with Crippen molar-refractivity contribution in [3.8, 4) is 0 Å². The Morgan fingerprint density at radius 1 is 1.37 bits per heavy atom. The van der Waals surface area contributed by atoms with Gasteiger partial charge in [-0.1, -0.05) is 29.3 Å². The molecule has 0 spiro atoms. The van der Waals surface area contributed by atoms with Gasteiger partial charge in [0, 0.05) is 6.08 Å². The molecule has 0 aromatic heterocycles. The van der Waals surface area contributed by atoms with Crippen LogP contribution >= 0.6 is 23.2 Å². The SMILES string of the molecule is CC(O)C(C)(C)NC(=O)/C=C/c1ccc(Cl)c(Cl)c1. The van der Waals surface area contributed by atoms with Gasteiger partial charge in [0.25, 0.3) is 0 Å². The standard InChI is InChI=1S/C14H17Cl2NO2/c1-9(18)14(2,3)17-13(19)7-5-10-4-6-11(15)12(16)8-10/h4-9,18H,1-3H3,(H,17,19)/b7-5+. The number of carbonyl (C=O) groups excluding carboxylic acids is 1. The van der Waals surface area contributed by atoms with Gasteiger partial charge in [0.2, 0.25) is 5.91 Å². The van der Waals surface area contributed by atoms with Crippen molar-refractivity contribution in [2.45, 2.75) is 32.4 Å². The first-order chi connectivity index (χ1) is 8.72. The summed E-state index contributed by atoms with van der Waals surface area (Å²) in [4.78, 5) is 11.7. The van der Waals surface area contributed by atoms with E-state index in [-0.39, 0.29) is 5.91 Å². The van der Waals surface area contributed by atoms with Gasteiger partial charge < -0.3 is 10.4 Å². The van der Waals surface area contributed by atoms with E-state index >= 15 is 0 Å². The van der Waals surface area contributed by atoms with Crippen molar-refractivity contribution in [3.05, 3.63) is 39.9 Å². The Morgan fingerprint density at radius 3 is 2.53 bits per heavy atom. The van der Waals surface area contributed by atoms with Gasteiger partial charge in [-0.2, -0.15) is 0 Å². The summed E-state index contributed by atoms with van der Waals surface area (Å²) < 4.78 is 0. The van der Waals surface area contributed by atoms with Gasteiger partial charge in [0.15, 0.2) is 0 Å². The van der Waals surface area contributed by atoms with Gasteiger partial charge in [-0.25, -0.2) is 0 Å². The molecule has 0 heterocycles. The van der Waals surface area contributed by atoms with Gasteiger partial charge in [-0.15, -0.1) is 0 Å². The minimum atomic E-state index is -0.681. The van der Waals surface area contributed by atoms with E-state index < -0.39 is 11.6 Å². The third kappa shape index (κ3) is 4.86. The molecule has 0 saturated heterocycles. The van der Waals surface area contributed by atoms with Gasteiger partial charge in [0.1, 0.15) is 0 Å². The van der Waals surface area contributed by atoms with E-state index in [1.165, 1.54) is 6.08 Å². The summed E-state index contributed by atoms with van der Waals surface area (Å²) in [7, 11) is 0. The van der Waals surface area contributed by atoms with Crippen molar-refractivity contribution < 1.29 is 9.90 Å². The van der Waals surface area contributed by atoms with Crippen LogP contribution in [0.2, 0.25) is 10.0 Å². The molecular weight excluding hydrogens is 285 g/mol. The summed E-state index contributed by atoms with van der Waals surface area (Å²) in [6.45, 7) is 5.13. The lowest BCUT2D eigenvalue weighted by atomic mass is 9.99. The number of nitrogens with one attached hydrogen (secondary N) is 1. The maximum Gasteiger partial charge on any atom is 0.244 e. The Kier molecular flexibility index (Phi) is 5.41. The number of benzene rings is 1. The van der Waals surface area contributed by atoms with Crippen LogP contribution in [-0.4, -0.2) is 22.7 Å². The van der Waals surface area contributed by atoms with Crippen LogP contribution in [0, 0.1) is 0 Å². The molecule has 2 N–H and O–H groups in total. The zero-order valence-corrected chi connectivity index (χ0v) is 12.6. The smallest absolute Gasteiger partial charge is 0.244 e. The number of rotatable bonds is 4. The first-order valence-corrected chi connectivity index (χ1v) is 6.61. The predicted molar refractivity (Wildman–Crippen MR) is 79.4 cm³/mol. The van der Waals surface area contributed by atoms with E-state index in [0.29, 0.717) is 10.0 Å². The van der Waals surface area contributed by atoms with E-state index in [4.69, 9.17) is 23.2 Å². The third-order valence-corrected chi connectivity index (χ3v) is 3.60. The Morgan fingerprint density at radius 2 is 2.00 bits per heavy atom. The average molecular weight is 302 g/mol. The molecule has 0 aliphatic rings. The Balaban J connectivity index is 2.71. The van der Waals surface area contributed by atoms with Crippen LogP contribution in [0.3, 0.4) is 0 Å². The number of carbonyl (C=O) groups is 1. The molecule has 0 aliphatic carbocycles. The van der Waals surface area contributed by atoms with Gasteiger partial charge in [0.05, 0.1) is 21.7 Å². The molecule has 1 aromatic carbocycles. The minimum Gasteiger partial charge on any atom is -0.391 e. The zero-order chi connectivity index (χ0) is 14.6. The Hall–Kier alpha value is -1.03. The van der Waals surface area contributed by atoms with Crippen molar-refractivity contribution in [2.24, 2.45) is 0 Å². The summed E-state index contributed by atoms with van der Waals surface area (Å²) in [5, 5.41) is 13.1. The fourth-order valence-electron chi connectivity index (χ4n) is 1.25. The van der Waals surface area contributed by atoms with E-state index in [2.05, 4.69) is 5.32 Å². The van der Waals surface area contributed by atoms with Crippen LogP contribution in [0.15, 0.2) is 24.3 Å². The summed E-state index contributed by atoms with van der Waals surface area (Å²) in [5.74, 6) is -0.281. The van der Waals surface area contributed by atoms with Crippen molar-refractivity contribution in [1.29, 1.82) is 0 Å². The largest absolute Gasteiger partial charge is 0.391 e. The molecule has 104 valence electrons. The molecule has 19 heavy (non-hydrogen) atoms. The molecule has 3 nitrogen and oxygen atoms in total. The molecule has 5 heteroatoms. The maximum absolute atomic E-state index is 11.7. The van der Waals surface area contributed by atoms with E-state index in [1.54, 1.807) is 45.0 Å². The Bertz CT molecular complexity index is 496. The first kappa shape index (κ1) is 16.0. The third-order valence-electron chi connectivity index (χ3n) is 2.86. The molecule has 1 amide bonds. The summed E-state index contributed by atoms with van der Waals surface area (Å²) >= 11 is 11.7. The lowest BCUT2D eigenvalue weighted by Crippen LogP contribution is -2.50. The Labute approximate surface area is 123 Å². The van der Waals surface area contributed by atoms with E-state index in [1.807, 2.05) is 0 Å². The molecule has 0 aliphatic heterocycles. The number of aliphatic hydroxyl groups excluding tert-OH is 1. The highest BCUT2D eigenvalue weighted by atomic mass is 35.5. The van der Waals surface area contributed by atoms with Crippen LogP contribution < -0.4 is 5.32 Å². The van der Waals surface area contributed by atoms with E-state index in [0.717, 1.165) is 5.56 Å². The fourth-order valence-corrected chi connectivity index (χ4v) is 1.56. The maximum atomic E-state index is 11.7. The first-order valence-electron chi connectivity index (χ1n) is 5.86. The van der Waals surface area contributed by atoms with Crippen LogP contribution in [0.1, 0.15) is 26.3 Å². The van der Waals surface area contributed by atoms with Crippen molar-refractivity contribution in [1.82, 2.24) is 5.32 Å². The van der Waals surface area contributed by atoms with Crippen molar-refractivity contribution in [2.75, 3.05) is 0 Å². The number of halogens is 2. The highest BCUT2D eigenvalue weighted by Gasteiger charge is 2.24. The molecule has 1 unspecified atom stereocenters. The second-order valence-corrected chi connectivity index (χ2v) is 5.71. The number of amides is 1. The van der Waals surface area contributed by atoms with Crippen molar-refractivity contribution >= 4 is 35.2 Å². The molecular formula is C14H17Cl2NO2. The minimum absolute atomic E-state index is 0.281. The molecule has 1 aromatic rings. The van der Waals surface area contributed by atoms with Crippen LogP contribution in [-0.2, 0) is 4.79 Å². The number of hydrogen-bond acceptors (Lipinski definition) is 2. The van der Waals surface area contributed by atoms with Gasteiger partial charge in [-0.05, 0) is 44.5 Å². The second-order valence-electron chi connectivity index (χ2n) is 4.89. The van der Waals surface area contributed by atoms with Crippen LogP contribution in [0.25, 0.3) is 6.08 Å². The number of hydrogen-bond donors (Lipinski definition) is 2. The molecule has 0 bridgehead atoms. The fraction of sp³-hybridized carbons (Fsp3) is 0.357. The van der Waals surface area contributed by atoms with Gasteiger partial charge >= 0.3 is 0 Å². The monoisotopic (exact) mass is 301 g/mol. The topological polar surface area (TPSA) is 49.3 Å². The molecule has 0 saturated carbocycles. The molecule has 1 atom stereocenters. The highest BCUT2D eigenvalue weighted by molar-refractivity contribution is 6.42. The summed E-state index contributed by atoms with van der Waals surface area (Å²) in [5.41, 5.74) is 0.0957. The summed E-state index contributed by atoms with van der Waals surface area (Å²) in [6, 6.07) is 5.10. The quantitative estimate of drug-likeness (QED) is 0.839. The highest BCUT2D eigenvalue weighted by Crippen LogP contribution is 2.23. The predicted octanol–water partition coefficient (Wildman–Crippen LogP) is 3.28. The lowest BCUT2D eigenvalue weighted by Gasteiger charge is -2.28. The lowest BCUT2D eigenvalue weighted by molar-refractivity contribution is -0.119. The number of aliphatic hydroxyl groups is 1. The van der Waals surface area contributed by atoms with Gasteiger partial charge in [-0.3, -0.25) is 4.79 Å². The average Bonchev–Trinajstić information content (AvgIpc) is 2.30. The second kappa shape index (κ2) is 6.42. The molecule has 0 fully saturated rings. The normalized spacial score (nSPS) is 13.6. The van der Waals surface area contributed by atoms with Crippen LogP contribution in [0.4, 0.5) is 0 Å².